The standard InChI is InChI=1S/C13H16N4O/c1-10-11(2)17(16-15-10)9-8-13(18)14-12-6-4-3-5-7-12/h3-7H,8-9H2,1-2H3,(H,14,18). The smallest absolute Gasteiger partial charge is 0.226 e. The van der Waals surface area contributed by atoms with Crippen molar-refractivity contribution in [2.75, 3.05) is 5.32 Å². The van der Waals surface area contributed by atoms with E-state index >= 15 is 0 Å². The Hall–Kier alpha value is -2.17. The molecule has 94 valence electrons. The number of carbonyl (C=O) groups is 1. The van der Waals surface area contributed by atoms with E-state index in [4.69, 9.17) is 0 Å². The number of hydrogen-bond donors (Lipinski definition) is 1. The van der Waals surface area contributed by atoms with Gasteiger partial charge in [0.15, 0.2) is 0 Å². The summed E-state index contributed by atoms with van der Waals surface area (Å²) in [7, 11) is 0. The molecule has 0 aliphatic heterocycles. The monoisotopic (exact) mass is 244 g/mol. The van der Waals surface area contributed by atoms with Crippen molar-refractivity contribution in [2.45, 2.75) is 26.8 Å². The highest BCUT2D eigenvalue weighted by atomic mass is 16.1. The van der Waals surface area contributed by atoms with Gasteiger partial charge in [-0.25, -0.2) is 4.68 Å². The first-order valence-corrected chi connectivity index (χ1v) is 5.88. The number of carbonyl (C=O) groups excluding carboxylic acids is 1. The molecule has 0 unspecified atom stereocenters. The second-order valence-electron chi connectivity index (χ2n) is 4.15. The molecule has 5 heteroatoms. The lowest BCUT2D eigenvalue weighted by Gasteiger charge is -2.05. The van der Waals surface area contributed by atoms with Crippen molar-refractivity contribution >= 4 is 11.6 Å². The van der Waals surface area contributed by atoms with Crippen molar-refractivity contribution in [3.8, 4) is 0 Å². The summed E-state index contributed by atoms with van der Waals surface area (Å²) in [5.41, 5.74) is 2.72. The lowest BCUT2D eigenvalue weighted by atomic mass is 10.3. The Bertz CT molecular complexity index is 533. The summed E-state index contributed by atoms with van der Waals surface area (Å²) in [5.74, 6) is -0.0197. The fraction of sp³-hybridized carbons (Fsp3) is 0.308. The third kappa shape index (κ3) is 2.94. The zero-order valence-corrected chi connectivity index (χ0v) is 10.6. The van der Waals surface area contributed by atoms with Gasteiger partial charge in [-0.1, -0.05) is 23.4 Å². The largest absolute Gasteiger partial charge is 0.326 e. The Kier molecular flexibility index (Phi) is 3.72. The van der Waals surface area contributed by atoms with Crippen LogP contribution >= 0.6 is 0 Å². The Labute approximate surface area is 106 Å². The summed E-state index contributed by atoms with van der Waals surface area (Å²) in [6, 6.07) is 9.42. The summed E-state index contributed by atoms with van der Waals surface area (Å²) >= 11 is 0. The number of nitrogens with one attached hydrogen (secondary N) is 1. The highest BCUT2D eigenvalue weighted by molar-refractivity contribution is 5.90. The molecule has 2 aromatic rings. The van der Waals surface area contributed by atoms with Crippen molar-refractivity contribution in [1.29, 1.82) is 0 Å². The van der Waals surface area contributed by atoms with Crippen molar-refractivity contribution in [3.63, 3.8) is 0 Å². The van der Waals surface area contributed by atoms with Crippen molar-refractivity contribution in [3.05, 3.63) is 41.7 Å². The van der Waals surface area contributed by atoms with E-state index in [9.17, 15) is 4.79 Å². The number of nitrogens with zero attached hydrogens (tertiary/aromatic N) is 3. The summed E-state index contributed by atoms with van der Waals surface area (Å²) in [5, 5.41) is 10.8. The maximum absolute atomic E-state index is 11.7. The van der Waals surface area contributed by atoms with Crippen molar-refractivity contribution in [1.82, 2.24) is 15.0 Å². The fourth-order valence-electron chi connectivity index (χ4n) is 1.61. The van der Waals surface area contributed by atoms with Gasteiger partial charge < -0.3 is 5.32 Å². The highest BCUT2D eigenvalue weighted by Crippen LogP contribution is 2.06. The lowest BCUT2D eigenvalue weighted by Crippen LogP contribution is -2.15. The molecule has 1 heterocycles. The third-order valence-electron chi connectivity index (χ3n) is 2.82. The number of para-hydroxylation sites is 1. The van der Waals surface area contributed by atoms with Crippen LogP contribution in [0.3, 0.4) is 0 Å². The van der Waals surface area contributed by atoms with Gasteiger partial charge in [0.05, 0.1) is 17.9 Å². The van der Waals surface area contributed by atoms with Crippen LogP contribution in [0, 0.1) is 13.8 Å². The molecule has 1 aromatic carbocycles. The number of amides is 1. The lowest BCUT2D eigenvalue weighted by molar-refractivity contribution is -0.116. The predicted octanol–water partition coefficient (Wildman–Crippen LogP) is 1.92. The minimum atomic E-state index is -0.0197. The maximum Gasteiger partial charge on any atom is 0.226 e. The second kappa shape index (κ2) is 5.44. The average molecular weight is 244 g/mol. The highest BCUT2D eigenvalue weighted by Gasteiger charge is 2.07. The van der Waals surface area contributed by atoms with Gasteiger partial charge in [-0.3, -0.25) is 4.79 Å². The van der Waals surface area contributed by atoms with Crippen LogP contribution in [0.15, 0.2) is 30.3 Å². The van der Waals surface area contributed by atoms with Crippen molar-refractivity contribution < 1.29 is 4.79 Å². The topological polar surface area (TPSA) is 59.8 Å². The molecule has 0 fully saturated rings. The van der Waals surface area contributed by atoms with Gasteiger partial charge in [0.1, 0.15) is 0 Å². The molecule has 1 aromatic heterocycles. The van der Waals surface area contributed by atoms with Crippen LogP contribution in [0.4, 0.5) is 5.69 Å². The van der Waals surface area contributed by atoms with E-state index in [1.807, 2.05) is 44.2 Å². The zero-order chi connectivity index (χ0) is 13.0. The van der Waals surface area contributed by atoms with Gasteiger partial charge in [-0.15, -0.1) is 5.10 Å². The molecular formula is C13H16N4O. The number of aryl methyl sites for hydroxylation is 2. The number of aromatic nitrogens is 3. The minimum Gasteiger partial charge on any atom is -0.326 e. The van der Waals surface area contributed by atoms with E-state index < -0.39 is 0 Å². The zero-order valence-electron chi connectivity index (χ0n) is 10.6. The SMILES string of the molecule is Cc1nnn(CCC(=O)Nc2ccccc2)c1C. The Balaban J connectivity index is 1.87. The third-order valence-corrected chi connectivity index (χ3v) is 2.82. The summed E-state index contributed by atoms with van der Waals surface area (Å²) < 4.78 is 1.75. The van der Waals surface area contributed by atoms with E-state index in [0.29, 0.717) is 13.0 Å². The quantitative estimate of drug-likeness (QED) is 0.893. The van der Waals surface area contributed by atoms with Gasteiger partial charge >= 0.3 is 0 Å². The molecule has 0 spiro atoms. The van der Waals surface area contributed by atoms with Crippen LogP contribution in [-0.4, -0.2) is 20.9 Å². The summed E-state index contributed by atoms with van der Waals surface area (Å²) in [4.78, 5) is 11.7. The minimum absolute atomic E-state index is 0.0197. The van der Waals surface area contributed by atoms with Crippen LogP contribution < -0.4 is 5.32 Å². The van der Waals surface area contributed by atoms with Gasteiger partial charge in [0.2, 0.25) is 5.91 Å². The molecule has 2 rings (SSSR count). The fourth-order valence-corrected chi connectivity index (χ4v) is 1.61. The number of rotatable bonds is 4. The molecule has 18 heavy (non-hydrogen) atoms. The molecule has 0 radical (unpaired) electrons. The number of anilines is 1. The molecule has 1 amide bonds. The van der Waals surface area contributed by atoms with Gasteiger partial charge in [-0.2, -0.15) is 0 Å². The van der Waals surface area contributed by atoms with Crippen LogP contribution in [0.25, 0.3) is 0 Å². The molecule has 0 bridgehead atoms. The first kappa shape index (κ1) is 12.3. The summed E-state index contributed by atoms with van der Waals surface area (Å²) in [6.07, 6.45) is 0.387. The Morgan fingerprint density at radius 1 is 1.28 bits per heavy atom. The van der Waals surface area contributed by atoms with Crippen LogP contribution in [0.1, 0.15) is 17.8 Å². The van der Waals surface area contributed by atoms with Crippen LogP contribution in [-0.2, 0) is 11.3 Å². The van der Waals surface area contributed by atoms with E-state index in [-0.39, 0.29) is 5.91 Å². The van der Waals surface area contributed by atoms with Crippen molar-refractivity contribution in [2.24, 2.45) is 0 Å². The maximum atomic E-state index is 11.7. The summed E-state index contributed by atoms with van der Waals surface area (Å²) in [6.45, 7) is 4.40. The van der Waals surface area contributed by atoms with Gasteiger partial charge in [0, 0.05) is 12.1 Å². The number of benzene rings is 1. The first-order valence-electron chi connectivity index (χ1n) is 5.88. The van der Waals surface area contributed by atoms with E-state index in [1.54, 1.807) is 4.68 Å². The molecule has 0 saturated heterocycles. The molecule has 0 aliphatic rings. The molecule has 0 saturated carbocycles. The molecule has 5 nitrogen and oxygen atoms in total. The first-order chi connectivity index (χ1) is 8.66. The van der Waals surface area contributed by atoms with Crippen LogP contribution in [0.5, 0.6) is 0 Å². The average Bonchev–Trinajstić information content (AvgIpc) is 2.69. The van der Waals surface area contributed by atoms with E-state index in [1.165, 1.54) is 0 Å². The normalized spacial score (nSPS) is 10.3. The predicted molar refractivity (Wildman–Crippen MR) is 69.2 cm³/mol. The van der Waals surface area contributed by atoms with Gasteiger partial charge in [-0.05, 0) is 26.0 Å². The number of hydrogen-bond acceptors (Lipinski definition) is 3. The second-order valence-corrected chi connectivity index (χ2v) is 4.15. The van der Waals surface area contributed by atoms with E-state index in [2.05, 4.69) is 15.6 Å². The van der Waals surface area contributed by atoms with Gasteiger partial charge in [0.25, 0.3) is 0 Å². The van der Waals surface area contributed by atoms with Crippen LogP contribution in [0.2, 0.25) is 0 Å². The molecule has 0 aliphatic carbocycles. The Morgan fingerprint density at radius 3 is 2.61 bits per heavy atom. The Morgan fingerprint density at radius 2 is 2.00 bits per heavy atom. The van der Waals surface area contributed by atoms with E-state index in [0.717, 1.165) is 17.1 Å². The molecular weight excluding hydrogens is 228 g/mol. The molecule has 1 N–H and O–H groups in total. The molecule has 0 atom stereocenters.